The molecule has 1 heterocycles. The Balaban J connectivity index is 1.77. The van der Waals surface area contributed by atoms with Crippen LogP contribution in [0.5, 0.6) is 11.5 Å². The Morgan fingerprint density at radius 2 is 2.13 bits per heavy atom. The number of urea groups is 1. The smallest absolute Gasteiger partial charge is 0.317 e. The number of carbonyl (C=O) groups excluding carboxylic acids is 1. The third-order valence-electron chi connectivity index (χ3n) is 3.71. The zero-order valence-electron chi connectivity index (χ0n) is 13.9. The molecular weight excluding hydrogens is 296 g/mol. The van der Waals surface area contributed by atoms with Gasteiger partial charge in [-0.3, -0.25) is 0 Å². The zero-order chi connectivity index (χ0) is 16.5. The summed E-state index contributed by atoms with van der Waals surface area (Å²) in [7, 11) is 1.68. The van der Waals surface area contributed by atoms with Crippen molar-refractivity contribution >= 4 is 6.03 Å². The highest BCUT2D eigenvalue weighted by Crippen LogP contribution is 2.30. The van der Waals surface area contributed by atoms with Crippen LogP contribution in [0.3, 0.4) is 0 Å². The van der Waals surface area contributed by atoms with Gasteiger partial charge < -0.3 is 24.4 Å². The van der Waals surface area contributed by atoms with Crippen molar-refractivity contribution in [2.24, 2.45) is 0 Å². The van der Waals surface area contributed by atoms with Crippen molar-refractivity contribution in [3.63, 3.8) is 0 Å². The summed E-state index contributed by atoms with van der Waals surface area (Å²) >= 11 is 0. The van der Waals surface area contributed by atoms with Crippen molar-refractivity contribution < 1.29 is 19.0 Å². The van der Waals surface area contributed by atoms with Crippen molar-refractivity contribution in [3.05, 3.63) is 24.3 Å². The van der Waals surface area contributed by atoms with E-state index in [9.17, 15) is 4.79 Å². The monoisotopic (exact) mass is 322 g/mol. The molecule has 0 aromatic heterocycles. The average Bonchev–Trinajstić information content (AvgIpc) is 2.59. The van der Waals surface area contributed by atoms with Crippen LogP contribution in [0, 0.1) is 0 Å². The summed E-state index contributed by atoms with van der Waals surface area (Å²) in [5.41, 5.74) is 0. The molecule has 6 nitrogen and oxygen atoms in total. The van der Waals surface area contributed by atoms with Gasteiger partial charge in [0, 0.05) is 26.8 Å². The first-order chi connectivity index (χ1) is 11.2. The number of methoxy groups -OCH3 is 1. The standard InChI is InChI=1S/C17H26N2O4/c1-3-19(17(20)18-10-6-7-11-21-2)12-14-13-22-15-8-4-5-9-16(15)23-14/h4-5,8-9,14H,3,6-7,10-13H2,1-2H3,(H,18,20). The molecule has 2 rings (SSSR count). The predicted molar refractivity (Wildman–Crippen MR) is 88.1 cm³/mol. The van der Waals surface area contributed by atoms with E-state index >= 15 is 0 Å². The highest BCUT2D eigenvalue weighted by Gasteiger charge is 2.24. The maximum Gasteiger partial charge on any atom is 0.317 e. The highest BCUT2D eigenvalue weighted by atomic mass is 16.6. The fourth-order valence-electron chi connectivity index (χ4n) is 2.43. The molecule has 0 spiro atoms. The van der Waals surface area contributed by atoms with Gasteiger partial charge in [-0.15, -0.1) is 0 Å². The lowest BCUT2D eigenvalue weighted by molar-refractivity contribution is 0.0675. The van der Waals surface area contributed by atoms with Crippen molar-refractivity contribution in [1.82, 2.24) is 10.2 Å². The molecule has 0 radical (unpaired) electrons. The second-order valence-electron chi connectivity index (χ2n) is 5.47. The summed E-state index contributed by atoms with van der Waals surface area (Å²) in [6.45, 7) is 4.93. The first-order valence-electron chi connectivity index (χ1n) is 8.14. The maximum absolute atomic E-state index is 12.2. The minimum Gasteiger partial charge on any atom is -0.486 e. The number of fused-ring (bicyclic) bond motifs is 1. The lowest BCUT2D eigenvalue weighted by atomic mass is 10.2. The molecule has 0 bridgehead atoms. The third kappa shape index (κ3) is 5.32. The van der Waals surface area contributed by atoms with E-state index in [1.807, 2.05) is 31.2 Å². The van der Waals surface area contributed by atoms with Gasteiger partial charge in [-0.25, -0.2) is 4.79 Å². The van der Waals surface area contributed by atoms with Gasteiger partial charge in [0.1, 0.15) is 6.61 Å². The number of para-hydroxylation sites is 2. The quantitative estimate of drug-likeness (QED) is 0.746. The molecule has 0 saturated carbocycles. The molecule has 128 valence electrons. The van der Waals surface area contributed by atoms with Crippen LogP contribution in [-0.2, 0) is 4.74 Å². The van der Waals surface area contributed by atoms with Crippen LogP contribution in [0.2, 0.25) is 0 Å². The molecule has 0 aliphatic carbocycles. The largest absolute Gasteiger partial charge is 0.486 e. The van der Waals surface area contributed by atoms with Crippen molar-refractivity contribution in [1.29, 1.82) is 0 Å². The van der Waals surface area contributed by atoms with Gasteiger partial charge in [0.25, 0.3) is 0 Å². The first kappa shape index (κ1) is 17.4. The lowest BCUT2D eigenvalue weighted by Gasteiger charge is -2.31. The number of hydrogen-bond donors (Lipinski definition) is 1. The highest BCUT2D eigenvalue weighted by molar-refractivity contribution is 5.74. The van der Waals surface area contributed by atoms with E-state index in [-0.39, 0.29) is 12.1 Å². The molecule has 1 aliphatic heterocycles. The fraction of sp³-hybridized carbons (Fsp3) is 0.588. The number of carbonyl (C=O) groups is 1. The number of unbranched alkanes of at least 4 members (excludes halogenated alkanes) is 1. The zero-order valence-corrected chi connectivity index (χ0v) is 13.9. The first-order valence-corrected chi connectivity index (χ1v) is 8.14. The number of benzene rings is 1. The molecule has 1 N–H and O–H groups in total. The summed E-state index contributed by atoms with van der Waals surface area (Å²) in [6, 6.07) is 7.53. The van der Waals surface area contributed by atoms with Crippen LogP contribution >= 0.6 is 0 Å². The number of rotatable bonds is 8. The van der Waals surface area contributed by atoms with E-state index in [0.29, 0.717) is 26.2 Å². The minimum absolute atomic E-state index is 0.0626. The number of hydrogen-bond acceptors (Lipinski definition) is 4. The number of nitrogens with one attached hydrogen (secondary N) is 1. The molecule has 0 saturated heterocycles. The molecule has 0 fully saturated rings. The molecule has 1 aromatic carbocycles. The summed E-state index contributed by atoms with van der Waals surface area (Å²) in [4.78, 5) is 14.0. The Morgan fingerprint density at radius 3 is 2.87 bits per heavy atom. The van der Waals surface area contributed by atoms with Crippen molar-refractivity contribution in [3.8, 4) is 11.5 Å². The molecule has 1 aliphatic rings. The molecule has 2 amide bonds. The van der Waals surface area contributed by atoms with Crippen LogP contribution < -0.4 is 14.8 Å². The fourth-order valence-corrected chi connectivity index (χ4v) is 2.43. The van der Waals surface area contributed by atoms with Gasteiger partial charge in [-0.1, -0.05) is 12.1 Å². The molecular formula is C17H26N2O4. The van der Waals surface area contributed by atoms with Gasteiger partial charge in [0.05, 0.1) is 6.54 Å². The second-order valence-corrected chi connectivity index (χ2v) is 5.47. The summed E-state index contributed by atoms with van der Waals surface area (Å²) in [5, 5.41) is 2.94. The van der Waals surface area contributed by atoms with Gasteiger partial charge in [-0.05, 0) is 31.9 Å². The molecule has 6 heteroatoms. The maximum atomic E-state index is 12.2. The van der Waals surface area contributed by atoms with Crippen LogP contribution in [-0.4, -0.2) is 57.0 Å². The van der Waals surface area contributed by atoms with Crippen LogP contribution in [0.4, 0.5) is 4.79 Å². The number of nitrogens with zero attached hydrogens (tertiary/aromatic N) is 1. The second kappa shape index (κ2) is 9.25. The Kier molecular flexibility index (Phi) is 7.00. The summed E-state index contributed by atoms with van der Waals surface area (Å²) < 4.78 is 16.6. The Labute approximate surface area is 137 Å². The Bertz CT molecular complexity index is 495. The molecule has 1 unspecified atom stereocenters. The number of likely N-dealkylation sites (N-methyl/N-ethyl adjacent to an activating group) is 1. The van der Waals surface area contributed by atoms with Gasteiger partial charge in [-0.2, -0.15) is 0 Å². The SMILES string of the molecule is CCN(CC1COc2ccccc2O1)C(=O)NCCCCOC. The van der Waals surface area contributed by atoms with Gasteiger partial charge in [0.2, 0.25) is 0 Å². The Morgan fingerprint density at radius 1 is 1.35 bits per heavy atom. The molecule has 1 atom stereocenters. The third-order valence-corrected chi connectivity index (χ3v) is 3.71. The normalized spacial score (nSPS) is 16.0. The number of ether oxygens (including phenoxy) is 3. The van der Waals surface area contributed by atoms with Gasteiger partial charge >= 0.3 is 6.03 Å². The van der Waals surface area contributed by atoms with E-state index < -0.39 is 0 Å². The van der Waals surface area contributed by atoms with E-state index in [1.54, 1.807) is 12.0 Å². The van der Waals surface area contributed by atoms with Gasteiger partial charge in [0.15, 0.2) is 17.6 Å². The van der Waals surface area contributed by atoms with Crippen molar-refractivity contribution in [2.45, 2.75) is 25.9 Å². The van der Waals surface area contributed by atoms with Crippen molar-refractivity contribution in [2.75, 3.05) is 40.0 Å². The summed E-state index contributed by atoms with van der Waals surface area (Å²) in [6.07, 6.45) is 1.70. The minimum atomic E-state index is -0.149. The van der Waals surface area contributed by atoms with E-state index in [4.69, 9.17) is 14.2 Å². The van der Waals surface area contributed by atoms with Crippen LogP contribution in [0.1, 0.15) is 19.8 Å². The van der Waals surface area contributed by atoms with E-state index in [1.165, 1.54) is 0 Å². The van der Waals surface area contributed by atoms with Crippen LogP contribution in [0.25, 0.3) is 0 Å². The average molecular weight is 322 g/mol. The lowest BCUT2D eigenvalue weighted by Crippen LogP contribution is -2.47. The molecule has 23 heavy (non-hydrogen) atoms. The van der Waals surface area contributed by atoms with E-state index in [2.05, 4.69) is 5.32 Å². The Hall–Kier alpha value is -1.95. The summed E-state index contributed by atoms with van der Waals surface area (Å²) in [5.74, 6) is 1.49. The molecule has 1 aromatic rings. The number of amides is 2. The van der Waals surface area contributed by atoms with E-state index in [0.717, 1.165) is 30.9 Å². The van der Waals surface area contributed by atoms with Crippen LogP contribution in [0.15, 0.2) is 24.3 Å². The topological polar surface area (TPSA) is 60.0 Å². The predicted octanol–water partition coefficient (Wildman–Crippen LogP) is 2.28.